The fourth-order valence-electron chi connectivity index (χ4n) is 3.57. The third kappa shape index (κ3) is 3.90. The van der Waals surface area contributed by atoms with Crippen LogP contribution < -0.4 is 16.2 Å². The first-order valence-corrected chi connectivity index (χ1v) is 12.5. The van der Waals surface area contributed by atoms with E-state index in [0.717, 1.165) is 11.3 Å². The number of nitrogens with one attached hydrogen (secondary N) is 1. The summed E-state index contributed by atoms with van der Waals surface area (Å²) in [5.41, 5.74) is 13.1. The molecule has 36 heavy (non-hydrogen) atoms. The van der Waals surface area contributed by atoms with Crippen molar-refractivity contribution in [2.45, 2.75) is 4.90 Å². The number of aromatic nitrogens is 3. The first kappa shape index (κ1) is 23.0. The Morgan fingerprint density at radius 1 is 1.08 bits per heavy atom. The molecular formula is C23H15N7O4S2. The number of thiophene rings is 1. The second-order valence-electron chi connectivity index (χ2n) is 7.39. The van der Waals surface area contributed by atoms with Crippen molar-refractivity contribution in [2.24, 2.45) is 0 Å². The summed E-state index contributed by atoms with van der Waals surface area (Å²) in [7, 11) is -3.97. The summed E-state index contributed by atoms with van der Waals surface area (Å²) in [6, 6.07) is 12.2. The standard InChI is InChI=1S/C23H15N7O4S2/c24-11-14-16(15-3-1-10-34-15)17-18(25)20(35-22(17)29-21(14)26)19(31)12-4-6-13(7-5-12)36(32,33)30-23-27-8-2-9-28-23/h1-10H,25H2,(H2,26,29)(H,27,28,30). The molecule has 1 aromatic carbocycles. The van der Waals surface area contributed by atoms with Crippen LogP contribution in [0.1, 0.15) is 20.8 Å². The third-order valence-electron chi connectivity index (χ3n) is 5.21. The molecule has 5 aromatic rings. The minimum Gasteiger partial charge on any atom is -0.464 e. The highest BCUT2D eigenvalue weighted by Crippen LogP contribution is 2.43. The van der Waals surface area contributed by atoms with Crippen LogP contribution >= 0.6 is 11.3 Å². The van der Waals surface area contributed by atoms with E-state index in [1.807, 2.05) is 6.07 Å². The molecule has 0 atom stereocenters. The number of carbonyl (C=O) groups is 1. The zero-order chi connectivity index (χ0) is 25.4. The van der Waals surface area contributed by atoms with Crippen molar-refractivity contribution in [2.75, 3.05) is 16.2 Å². The average Bonchev–Trinajstić information content (AvgIpc) is 3.52. The molecule has 5 N–H and O–H groups in total. The Hall–Kier alpha value is -4.80. The van der Waals surface area contributed by atoms with Crippen molar-refractivity contribution in [1.82, 2.24) is 15.0 Å². The van der Waals surface area contributed by atoms with Crippen molar-refractivity contribution < 1.29 is 17.6 Å². The van der Waals surface area contributed by atoms with Gasteiger partial charge in [0.1, 0.15) is 32.9 Å². The molecule has 0 spiro atoms. The van der Waals surface area contributed by atoms with Crippen LogP contribution in [0.25, 0.3) is 21.5 Å². The predicted molar refractivity (Wildman–Crippen MR) is 134 cm³/mol. The highest BCUT2D eigenvalue weighted by atomic mass is 32.2. The Kier molecular flexibility index (Phi) is 5.59. The van der Waals surface area contributed by atoms with E-state index in [0.29, 0.717) is 21.5 Å². The van der Waals surface area contributed by atoms with Crippen LogP contribution in [0.4, 0.5) is 17.5 Å². The number of rotatable bonds is 6. The summed E-state index contributed by atoms with van der Waals surface area (Å²) < 4.78 is 33.0. The van der Waals surface area contributed by atoms with Gasteiger partial charge in [-0.25, -0.2) is 28.1 Å². The van der Waals surface area contributed by atoms with Gasteiger partial charge in [0.2, 0.25) is 11.7 Å². The lowest BCUT2D eigenvalue weighted by Crippen LogP contribution is -2.15. The summed E-state index contributed by atoms with van der Waals surface area (Å²) in [5, 5.41) is 10.0. The fourth-order valence-corrected chi connectivity index (χ4v) is 5.60. The van der Waals surface area contributed by atoms with E-state index in [-0.39, 0.29) is 38.4 Å². The number of benzene rings is 1. The number of sulfonamides is 1. The topological polar surface area (TPSA) is 191 Å². The molecule has 13 heteroatoms. The van der Waals surface area contributed by atoms with E-state index in [1.165, 1.54) is 42.9 Å². The van der Waals surface area contributed by atoms with Gasteiger partial charge in [-0.05, 0) is 42.5 Å². The molecule has 0 saturated heterocycles. The summed E-state index contributed by atoms with van der Waals surface area (Å²) in [4.78, 5) is 25.7. The van der Waals surface area contributed by atoms with Gasteiger partial charge in [-0.2, -0.15) is 5.26 Å². The van der Waals surface area contributed by atoms with E-state index < -0.39 is 15.8 Å². The number of hydrogen-bond acceptors (Lipinski definition) is 11. The molecule has 0 amide bonds. The van der Waals surface area contributed by atoms with Crippen LogP contribution in [0.15, 0.2) is 70.4 Å². The number of anilines is 3. The lowest BCUT2D eigenvalue weighted by atomic mass is 10.0. The van der Waals surface area contributed by atoms with Crippen LogP contribution in [0, 0.1) is 11.3 Å². The van der Waals surface area contributed by atoms with E-state index in [1.54, 1.807) is 18.2 Å². The minimum absolute atomic E-state index is 0.0129. The molecule has 0 aliphatic carbocycles. The van der Waals surface area contributed by atoms with Crippen LogP contribution in [0.2, 0.25) is 0 Å². The molecule has 0 unspecified atom stereocenters. The van der Waals surface area contributed by atoms with Crippen LogP contribution in [0.3, 0.4) is 0 Å². The van der Waals surface area contributed by atoms with Crippen molar-refractivity contribution >= 4 is 54.8 Å². The quantitative estimate of drug-likeness (QED) is 0.281. The van der Waals surface area contributed by atoms with Crippen molar-refractivity contribution in [3.63, 3.8) is 0 Å². The Balaban J connectivity index is 1.53. The fraction of sp³-hybridized carbons (Fsp3) is 0. The predicted octanol–water partition coefficient (Wildman–Crippen LogP) is 3.41. The van der Waals surface area contributed by atoms with Crippen LogP contribution in [-0.2, 0) is 10.0 Å². The summed E-state index contributed by atoms with van der Waals surface area (Å²) in [6.07, 6.45) is 4.25. The van der Waals surface area contributed by atoms with Gasteiger partial charge in [-0.3, -0.25) is 4.79 Å². The first-order chi connectivity index (χ1) is 17.3. The number of furan rings is 1. The Morgan fingerprint density at radius 2 is 1.81 bits per heavy atom. The minimum atomic E-state index is -3.97. The molecule has 178 valence electrons. The Morgan fingerprint density at radius 3 is 2.44 bits per heavy atom. The summed E-state index contributed by atoms with van der Waals surface area (Å²) >= 11 is 1.02. The number of ketones is 1. The first-order valence-electron chi connectivity index (χ1n) is 10.2. The highest BCUT2D eigenvalue weighted by Gasteiger charge is 2.26. The summed E-state index contributed by atoms with van der Waals surface area (Å²) in [6.45, 7) is 0. The zero-order valence-corrected chi connectivity index (χ0v) is 19.8. The maximum Gasteiger partial charge on any atom is 0.264 e. The molecule has 0 aliphatic rings. The Bertz CT molecular complexity index is 1760. The molecule has 0 bridgehead atoms. The Labute approximate surface area is 208 Å². The monoisotopic (exact) mass is 517 g/mol. The van der Waals surface area contributed by atoms with Crippen LogP contribution in [-0.4, -0.2) is 29.2 Å². The highest BCUT2D eigenvalue weighted by molar-refractivity contribution is 7.92. The summed E-state index contributed by atoms with van der Waals surface area (Å²) in [5.74, 6) is -0.174. The molecule has 0 fully saturated rings. The van der Waals surface area contributed by atoms with Gasteiger partial charge >= 0.3 is 0 Å². The number of nitrogens with zero attached hydrogens (tertiary/aromatic N) is 4. The number of nitrogens with two attached hydrogens (primary N) is 2. The lowest BCUT2D eigenvalue weighted by Gasteiger charge is -2.07. The van der Waals surface area contributed by atoms with E-state index in [2.05, 4.69) is 19.7 Å². The van der Waals surface area contributed by atoms with E-state index in [9.17, 15) is 18.5 Å². The van der Waals surface area contributed by atoms with Crippen LogP contribution in [0.5, 0.6) is 0 Å². The number of hydrogen-bond donors (Lipinski definition) is 3. The number of nitriles is 1. The van der Waals surface area contributed by atoms with Gasteiger partial charge < -0.3 is 15.9 Å². The average molecular weight is 518 g/mol. The number of carbonyl (C=O) groups excluding carboxylic acids is 1. The van der Waals surface area contributed by atoms with Crippen molar-refractivity contribution in [3.8, 4) is 17.4 Å². The van der Waals surface area contributed by atoms with Gasteiger partial charge in [-0.1, -0.05) is 0 Å². The van der Waals surface area contributed by atoms with Gasteiger partial charge in [-0.15, -0.1) is 11.3 Å². The molecular weight excluding hydrogens is 502 g/mol. The molecule has 5 rings (SSSR count). The lowest BCUT2D eigenvalue weighted by molar-refractivity contribution is 0.104. The van der Waals surface area contributed by atoms with Crippen molar-refractivity contribution in [1.29, 1.82) is 5.26 Å². The molecule has 4 aromatic heterocycles. The second-order valence-corrected chi connectivity index (χ2v) is 10.1. The zero-order valence-electron chi connectivity index (χ0n) is 18.2. The van der Waals surface area contributed by atoms with E-state index in [4.69, 9.17) is 15.9 Å². The molecule has 0 saturated carbocycles. The smallest absolute Gasteiger partial charge is 0.264 e. The SMILES string of the molecule is N#Cc1c(N)nc2sc(C(=O)c3ccc(S(=O)(=O)Nc4ncccn4)cc3)c(N)c2c1-c1ccco1. The van der Waals surface area contributed by atoms with Crippen molar-refractivity contribution in [3.05, 3.63) is 77.1 Å². The molecule has 0 radical (unpaired) electrons. The van der Waals surface area contributed by atoms with Gasteiger partial charge in [0, 0.05) is 23.3 Å². The third-order valence-corrected chi connectivity index (χ3v) is 7.65. The maximum atomic E-state index is 13.3. The van der Waals surface area contributed by atoms with Gasteiger partial charge in [0.15, 0.2) is 0 Å². The molecule has 4 heterocycles. The molecule has 0 aliphatic heterocycles. The number of fused-ring (bicyclic) bond motifs is 1. The van der Waals surface area contributed by atoms with Gasteiger partial charge in [0.05, 0.1) is 22.4 Å². The van der Waals surface area contributed by atoms with E-state index >= 15 is 0 Å². The normalized spacial score (nSPS) is 11.3. The number of pyridine rings is 1. The number of nitrogen functional groups attached to an aromatic ring is 2. The maximum absolute atomic E-state index is 13.3. The second kappa shape index (κ2) is 8.77. The molecule has 11 nitrogen and oxygen atoms in total. The van der Waals surface area contributed by atoms with Gasteiger partial charge in [0.25, 0.3) is 10.0 Å². The largest absolute Gasteiger partial charge is 0.464 e.